The summed E-state index contributed by atoms with van der Waals surface area (Å²) in [6, 6.07) is 20.7. The van der Waals surface area contributed by atoms with Crippen molar-refractivity contribution < 1.29 is 31.9 Å². The zero-order valence-corrected chi connectivity index (χ0v) is 26.1. The number of halogens is 1. The summed E-state index contributed by atoms with van der Waals surface area (Å²) < 4.78 is 54.3. The molecule has 46 heavy (non-hydrogen) atoms. The number of hydrogen-bond acceptors (Lipinski definition) is 12. The van der Waals surface area contributed by atoms with Crippen LogP contribution in [0.15, 0.2) is 82.0 Å². The van der Waals surface area contributed by atoms with Gasteiger partial charge in [0.1, 0.15) is 17.4 Å². The molecule has 1 atom stereocenters. The van der Waals surface area contributed by atoms with Gasteiger partial charge in [-0.15, -0.1) is 21.5 Å². The minimum atomic E-state index is -4.19. The molecule has 0 bridgehead atoms. The van der Waals surface area contributed by atoms with Crippen LogP contribution in [0, 0.1) is 5.82 Å². The monoisotopic (exact) mass is 681 g/mol. The van der Waals surface area contributed by atoms with Gasteiger partial charge in [0, 0.05) is 18.2 Å². The molecule has 1 amide bonds. The highest BCUT2D eigenvalue weighted by atomic mass is 32.2. The summed E-state index contributed by atoms with van der Waals surface area (Å²) in [5, 5.41) is 18.8. The highest BCUT2D eigenvalue weighted by Gasteiger charge is 2.37. The SMILES string of the molecule is O=C(NCCS(=O)(=O)C(c1nnc(Cc2sc(=O)[nH]c2O)o1)c1nc2cc(F)c(-c3ccccc3)cc2s1)OCc1ccccc1. The molecule has 6 rings (SSSR count). The number of H-pyrrole nitrogens is 1. The Bertz CT molecular complexity index is 2160. The van der Waals surface area contributed by atoms with Crippen LogP contribution in [-0.4, -0.2) is 52.1 Å². The van der Waals surface area contributed by atoms with Crippen LogP contribution < -0.4 is 10.2 Å². The second kappa shape index (κ2) is 13.2. The van der Waals surface area contributed by atoms with Gasteiger partial charge in [0.05, 0.1) is 27.3 Å². The molecule has 0 radical (unpaired) electrons. The Balaban J connectivity index is 1.28. The zero-order chi connectivity index (χ0) is 32.3. The van der Waals surface area contributed by atoms with E-state index in [9.17, 15) is 23.1 Å². The molecule has 0 aliphatic rings. The van der Waals surface area contributed by atoms with Gasteiger partial charge < -0.3 is 19.6 Å². The van der Waals surface area contributed by atoms with E-state index in [1.807, 2.05) is 12.1 Å². The number of aromatic nitrogens is 4. The van der Waals surface area contributed by atoms with Crippen molar-refractivity contribution in [1.82, 2.24) is 25.5 Å². The van der Waals surface area contributed by atoms with E-state index < -0.39 is 37.6 Å². The van der Waals surface area contributed by atoms with Gasteiger partial charge in [0.15, 0.2) is 15.1 Å². The number of fused-ring (bicyclic) bond motifs is 1. The summed E-state index contributed by atoms with van der Waals surface area (Å²) in [7, 11) is -4.19. The standard InChI is InChI=1S/C30H24FN5O7S3/c31-20-14-21-22(13-19(20)18-9-5-2-6-10-18)44-28(33-21)25(27-36-35-24(43-27)15-23-26(37)34-30(39)45-23)46(40,41)12-11-32-29(38)42-16-17-7-3-1-4-8-17/h1-10,13-14,25,37H,11-12,15-16H2,(H,32,38)(H,34,39). The Hall–Kier alpha value is -4.93. The van der Waals surface area contributed by atoms with Crippen LogP contribution in [0.3, 0.4) is 0 Å². The van der Waals surface area contributed by atoms with Crippen molar-refractivity contribution in [2.75, 3.05) is 12.3 Å². The molecule has 0 fully saturated rings. The fraction of sp³-hybridized carbons (Fsp3) is 0.167. The molecule has 3 aromatic carbocycles. The average Bonchev–Trinajstić information content (AvgIpc) is 3.74. The smallest absolute Gasteiger partial charge is 0.407 e. The van der Waals surface area contributed by atoms with Gasteiger partial charge in [-0.05, 0) is 17.2 Å². The van der Waals surface area contributed by atoms with Crippen molar-refractivity contribution in [3.8, 4) is 17.0 Å². The van der Waals surface area contributed by atoms with Crippen molar-refractivity contribution in [3.63, 3.8) is 0 Å². The zero-order valence-electron chi connectivity index (χ0n) is 23.7. The molecule has 6 aromatic rings. The third kappa shape index (κ3) is 6.98. The Morgan fingerprint density at radius 3 is 2.52 bits per heavy atom. The molecular weight excluding hydrogens is 658 g/mol. The number of nitrogens with zero attached hydrogens (tertiary/aromatic N) is 3. The molecule has 0 spiro atoms. The third-order valence-electron chi connectivity index (χ3n) is 6.75. The van der Waals surface area contributed by atoms with Crippen LogP contribution in [0.4, 0.5) is 9.18 Å². The third-order valence-corrected chi connectivity index (χ3v) is 10.8. The van der Waals surface area contributed by atoms with E-state index in [1.54, 1.807) is 54.6 Å². The van der Waals surface area contributed by atoms with Gasteiger partial charge in [-0.1, -0.05) is 72.0 Å². The summed E-state index contributed by atoms with van der Waals surface area (Å²) in [6.07, 6.45) is -0.931. The topological polar surface area (TPSA) is 177 Å². The molecule has 0 aliphatic carbocycles. The van der Waals surface area contributed by atoms with Crippen LogP contribution >= 0.6 is 22.7 Å². The maximum atomic E-state index is 15.1. The van der Waals surface area contributed by atoms with Gasteiger partial charge in [-0.3, -0.25) is 9.78 Å². The summed E-state index contributed by atoms with van der Waals surface area (Å²) in [4.78, 5) is 30.3. The summed E-state index contributed by atoms with van der Waals surface area (Å²) >= 11 is 1.77. The largest absolute Gasteiger partial charge is 0.494 e. The molecule has 12 nitrogen and oxygen atoms in total. The molecular formula is C30H24FN5O7S3. The van der Waals surface area contributed by atoms with E-state index in [0.717, 1.165) is 28.2 Å². The maximum absolute atomic E-state index is 15.1. The number of rotatable bonds is 11. The quantitative estimate of drug-likeness (QED) is 0.169. The van der Waals surface area contributed by atoms with Crippen LogP contribution in [-0.2, 0) is 27.6 Å². The van der Waals surface area contributed by atoms with E-state index in [-0.39, 0.29) is 52.6 Å². The van der Waals surface area contributed by atoms with Crippen molar-refractivity contribution in [2.24, 2.45) is 0 Å². The van der Waals surface area contributed by atoms with E-state index in [0.29, 0.717) is 15.8 Å². The summed E-state index contributed by atoms with van der Waals surface area (Å²) in [5.74, 6) is -1.80. The number of nitrogens with one attached hydrogen (secondary N) is 2. The van der Waals surface area contributed by atoms with Crippen LogP contribution in [0.2, 0.25) is 0 Å². The van der Waals surface area contributed by atoms with E-state index >= 15 is 4.39 Å². The number of sulfone groups is 1. The molecule has 3 aromatic heterocycles. The first-order valence-electron chi connectivity index (χ1n) is 13.7. The lowest BCUT2D eigenvalue weighted by Crippen LogP contribution is -2.31. The minimum absolute atomic E-state index is 0.00539. The predicted molar refractivity (Wildman–Crippen MR) is 169 cm³/mol. The first-order chi connectivity index (χ1) is 22.2. The van der Waals surface area contributed by atoms with Gasteiger partial charge in [-0.2, -0.15) is 0 Å². The Kier molecular flexibility index (Phi) is 8.92. The van der Waals surface area contributed by atoms with Crippen molar-refractivity contribution >= 4 is 48.8 Å². The molecule has 1 unspecified atom stereocenters. The number of hydrogen-bond donors (Lipinski definition) is 3. The second-order valence-electron chi connectivity index (χ2n) is 9.95. The van der Waals surface area contributed by atoms with Crippen LogP contribution in [0.5, 0.6) is 5.88 Å². The number of carbonyl (C=O) groups is 1. The molecule has 0 saturated carbocycles. The average molecular weight is 682 g/mol. The number of amides is 1. The van der Waals surface area contributed by atoms with Gasteiger partial charge in [0.2, 0.25) is 17.7 Å². The number of aromatic hydroxyl groups is 1. The molecule has 0 saturated heterocycles. The van der Waals surface area contributed by atoms with Gasteiger partial charge >= 0.3 is 11.0 Å². The van der Waals surface area contributed by atoms with E-state index in [1.165, 1.54) is 6.07 Å². The Morgan fingerprint density at radius 1 is 1.07 bits per heavy atom. The van der Waals surface area contributed by atoms with Crippen molar-refractivity contribution in [2.45, 2.75) is 18.3 Å². The molecule has 0 aliphatic heterocycles. The lowest BCUT2D eigenvalue weighted by molar-refractivity contribution is 0.140. The first-order valence-corrected chi connectivity index (χ1v) is 17.1. The molecule has 3 N–H and O–H groups in total. The number of thiazole rings is 2. The van der Waals surface area contributed by atoms with E-state index in [2.05, 4.69) is 25.5 Å². The maximum Gasteiger partial charge on any atom is 0.407 e. The first kappa shape index (κ1) is 31.1. The predicted octanol–water partition coefficient (Wildman–Crippen LogP) is 4.96. The second-order valence-corrected chi connectivity index (χ2v) is 14.3. The highest BCUT2D eigenvalue weighted by molar-refractivity contribution is 7.92. The summed E-state index contributed by atoms with van der Waals surface area (Å²) in [5.41, 5.74) is 1.97. The highest BCUT2D eigenvalue weighted by Crippen LogP contribution is 2.38. The van der Waals surface area contributed by atoms with Crippen LogP contribution in [0.1, 0.15) is 32.5 Å². The number of aromatic amines is 1. The number of alkyl carbamates (subject to hydrolysis) is 1. The van der Waals surface area contributed by atoms with Crippen molar-refractivity contribution in [3.05, 3.63) is 116 Å². The fourth-order valence-corrected chi connectivity index (χ4v) is 8.22. The minimum Gasteiger partial charge on any atom is -0.494 e. The number of benzene rings is 3. The van der Waals surface area contributed by atoms with Crippen molar-refractivity contribution in [1.29, 1.82) is 0 Å². The number of carbonyl (C=O) groups excluding carboxylic acids is 1. The van der Waals surface area contributed by atoms with Gasteiger partial charge in [0.25, 0.3) is 0 Å². The molecule has 236 valence electrons. The summed E-state index contributed by atoms with van der Waals surface area (Å²) in [6.45, 7) is -0.290. The number of ether oxygens (including phenoxy) is 1. The van der Waals surface area contributed by atoms with Crippen LogP contribution in [0.25, 0.3) is 21.3 Å². The molecule has 3 heterocycles. The Morgan fingerprint density at radius 2 is 1.80 bits per heavy atom. The fourth-order valence-electron chi connectivity index (χ4n) is 4.57. The van der Waals surface area contributed by atoms with E-state index in [4.69, 9.17) is 9.15 Å². The normalized spacial score (nSPS) is 12.3. The molecule has 16 heteroatoms. The van der Waals surface area contributed by atoms with Gasteiger partial charge in [-0.25, -0.2) is 22.6 Å². The lowest BCUT2D eigenvalue weighted by Gasteiger charge is -2.12. The Labute approximate surface area is 268 Å². The lowest BCUT2D eigenvalue weighted by atomic mass is 10.1.